The lowest BCUT2D eigenvalue weighted by Crippen LogP contribution is -2.30. The largest absolute Gasteiger partial charge is 0.354 e. The molecule has 0 fully saturated rings. The average Bonchev–Trinajstić information content (AvgIpc) is 2.60. The number of hydrogen-bond donors (Lipinski definition) is 2. The molecule has 1 aromatic heterocycles. The quantitative estimate of drug-likeness (QED) is 0.603. The predicted octanol–water partition coefficient (Wildman–Crippen LogP) is -0.654. The van der Waals surface area contributed by atoms with Crippen LogP contribution in [-0.2, 0) is 13.1 Å². The molecule has 0 aromatic carbocycles. The Morgan fingerprint density at radius 2 is 2.62 bits per heavy atom. The summed E-state index contributed by atoms with van der Waals surface area (Å²) in [5.41, 5.74) is 1.51. The summed E-state index contributed by atoms with van der Waals surface area (Å²) < 4.78 is 2.01. The minimum atomic E-state index is -0.113. The molecular formula is C8H12N4O. The molecule has 2 heterocycles. The van der Waals surface area contributed by atoms with Crippen molar-refractivity contribution in [2.45, 2.75) is 13.1 Å². The molecule has 0 radical (unpaired) electrons. The van der Waals surface area contributed by atoms with E-state index < -0.39 is 0 Å². The number of rotatable bonds is 1. The van der Waals surface area contributed by atoms with Crippen molar-refractivity contribution >= 4 is 5.91 Å². The van der Waals surface area contributed by atoms with Crippen LogP contribution in [0.2, 0.25) is 0 Å². The molecule has 1 amide bonds. The molecule has 1 aliphatic rings. The van der Waals surface area contributed by atoms with Gasteiger partial charge in [-0.2, -0.15) is 0 Å². The lowest BCUT2D eigenvalue weighted by molar-refractivity contribution is 0.0957. The van der Waals surface area contributed by atoms with Gasteiger partial charge in [0.1, 0.15) is 0 Å². The number of carbonyl (C=O) groups is 1. The Morgan fingerprint density at radius 1 is 1.77 bits per heavy atom. The molecule has 0 unspecified atom stereocenters. The predicted molar refractivity (Wildman–Crippen MR) is 47.3 cm³/mol. The van der Waals surface area contributed by atoms with Gasteiger partial charge in [0, 0.05) is 26.7 Å². The number of imidazole rings is 1. The Balaban J connectivity index is 2.36. The highest BCUT2D eigenvalue weighted by Gasteiger charge is 2.18. The normalized spacial score (nSPS) is 15.2. The van der Waals surface area contributed by atoms with Gasteiger partial charge in [0.25, 0.3) is 5.91 Å². The first-order valence-corrected chi connectivity index (χ1v) is 4.29. The van der Waals surface area contributed by atoms with Crippen molar-refractivity contribution in [1.29, 1.82) is 0 Å². The average molecular weight is 180 g/mol. The monoisotopic (exact) mass is 180 g/mol. The second kappa shape index (κ2) is 3.18. The number of hydrogen-bond acceptors (Lipinski definition) is 3. The zero-order valence-electron chi connectivity index (χ0n) is 7.50. The molecule has 2 N–H and O–H groups in total. The van der Waals surface area contributed by atoms with E-state index in [2.05, 4.69) is 15.6 Å². The van der Waals surface area contributed by atoms with Gasteiger partial charge < -0.3 is 15.2 Å². The lowest BCUT2D eigenvalue weighted by Gasteiger charge is -2.15. The third-order valence-electron chi connectivity index (χ3n) is 2.21. The van der Waals surface area contributed by atoms with Crippen LogP contribution in [0.25, 0.3) is 0 Å². The van der Waals surface area contributed by atoms with Gasteiger partial charge in [-0.15, -0.1) is 0 Å². The Morgan fingerprint density at radius 3 is 3.38 bits per heavy atom. The summed E-state index contributed by atoms with van der Waals surface area (Å²) in [7, 11) is 1.62. The van der Waals surface area contributed by atoms with Crippen LogP contribution in [0.5, 0.6) is 0 Å². The summed E-state index contributed by atoms with van der Waals surface area (Å²) in [4.78, 5) is 15.4. The first kappa shape index (κ1) is 8.25. The molecule has 70 valence electrons. The molecular weight excluding hydrogens is 168 g/mol. The number of aromatic nitrogens is 2. The summed E-state index contributed by atoms with van der Waals surface area (Å²) in [6, 6.07) is 0. The topological polar surface area (TPSA) is 59.0 Å². The number of nitrogens with one attached hydrogen (secondary N) is 2. The van der Waals surface area contributed by atoms with E-state index in [1.54, 1.807) is 13.4 Å². The molecule has 2 rings (SSSR count). The van der Waals surface area contributed by atoms with Crippen molar-refractivity contribution < 1.29 is 4.79 Å². The fourth-order valence-corrected chi connectivity index (χ4v) is 1.50. The van der Waals surface area contributed by atoms with E-state index in [0.717, 1.165) is 25.3 Å². The van der Waals surface area contributed by atoms with Crippen LogP contribution < -0.4 is 10.6 Å². The van der Waals surface area contributed by atoms with Crippen molar-refractivity contribution in [3.05, 3.63) is 17.7 Å². The highest BCUT2D eigenvalue weighted by atomic mass is 16.1. The van der Waals surface area contributed by atoms with E-state index in [1.807, 2.05) is 4.57 Å². The Hall–Kier alpha value is -1.36. The minimum Gasteiger partial charge on any atom is -0.354 e. The molecule has 0 spiro atoms. The minimum absolute atomic E-state index is 0.113. The summed E-state index contributed by atoms with van der Waals surface area (Å²) in [5, 5.41) is 5.78. The van der Waals surface area contributed by atoms with Crippen molar-refractivity contribution in [1.82, 2.24) is 20.2 Å². The molecule has 0 saturated carbocycles. The first-order valence-electron chi connectivity index (χ1n) is 4.29. The van der Waals surface area contributed by atoms with E-state index in [-0.39, 0.29) is 5.91 Å². The van der Waals surface area contributed by atoms with E-state index in [4.69, 9.17) is 0 Å². The summed E-state index contributed by atoms with van der Waals surface area (Å²) in [6.45, 7) is 2.55. The number of amides is 1. The standard InChI is InChI=1S/C8H12N4O/c1-9-8(13)7-6-4-10-2-3-12(6)5-11-7/h5,10H,2-4H2,1H3,(H,9,13). The van der Waals surface area contributed by atoms with Gasteiger partial charge in [0.15, 0.2) is 5.69 Å². The maximum atomic E-state index is 11.3. The van der Waals surface area contributed by atoms with Crippen molar-refractivity contribution in [2.75, 3.05) is 13.6 Å². The number of carbonyl (C=O) groups excluding carboxylic acids is 1. The van der Waals surface area contributed by atoms with Crippen LogP contribution in [-0.4, -0.2) is 29.1 Å². The molecule has 0 aliphatic carbocycles. The van der Waals surface area contributed by atoms with Gasteiger partial charge in [-0.1, -0.05) is 0 Å². The van der Waals surface area contributed by atoms with Crippen LogP contribution in [0.15, 0.2) is 6.33 Å². The molecule has 0 bridgehead atoms. The highest BCUT2D eigenvalue weighted by molar-refractivity contribution is 5.93. The third kappa shape index (κ3) is 1.31. The highest BCUT2D eigenvalue weighted by Crippen LogP contribution is 2.09. The van der Waals surface area contributed by atoms with Crippen LogP contribution in [0.3, 0.4) is 0 Å². The van der Waals surface area contributed by atoms with Gasteiger partial charge in [-0.25, -0.2) is 4.98 Å². The molecule has 1 aromatic rings. The Kier molecular flexibility index (Phi) is 2.02. The van der Waals surface area contributed by atoms with E-state index in [0.29, 0.717) is 5.69 Å². The molecule has 5 heteroatoms. The first-order chi connectivity index (χ1) is 6.33. The second-order valence-corrected chi connectivity index (χ2v) is 2.99. The molecule has 5 nitrogen and oxygen atoms in total. The van der Waals surface area contributed by atoms with Crippen LogP contribution in [0, 0.1) is 0 Å². The molecule has 1 aliphatic heterocycles. The lowest BCUT2D eigenvalue weighted by atomic mass is 10.2. The maximum Gasteiger partial charge on any atom is 0.271 e. The Bertz CT molecular complexity index is 331. The van der Waals surface area contributed by atoms with Crippen molar-refractivity contribution in [3.8, 4) is 0 Å². The maximum absolute atomic E-state index is 11.3. The fourth-order valence-electron chi connectivity index (χ4n) is 1.50. The van der Waals surface area contributed by atoms with E-state index >= 15 is 0 Å². The van der Waals surface area contributed by atoms with Gasteiger partial charge in [0.05, 0.1) is 12.0 Å². The zero-order chi connectivity index (χ0) is 9.26. The summed E-state index contributed by atoms with van der Waals surface area (Å²) >= 11 is 0. The van der Waals surface area contributed by atoms with Gasteiger partial charge in [-0.05, 0) is 0 Å². The van der Waals surface area contributed by atoms with E-state index in [1.165, 1.54) is 0 Å². The molecule has 13 heavy (non-hydrogen) atoms. The molecule has 0 saturated heterocycles. The van der Waals surface area contributed by atoms with Gasteiger partial charge in [-0.3, -0.25) is 4.79 Å². The summed E-state index contributed by atoms with van der Waals surface area (Å²) in [5.74, 6) is -0.113. The van der Waals surface area contributed by atoms with Gasteiger partial charge in [0.2, 0.25) is 0 Å². The van der Waals surface area contributed by atoms with Crippen LogP contribution in [0.4, 0.5) is 0 Å². The summed E-state index contributed by atoms with van der Waals surface area (Å²) in [6.07, 6.45) is 1.72. The number of nitrogens with zero attached hydrogens (tertiary/aromatic N) is 2. The van der Waals surface area contributed by atoms with Crippen LogP contribution >= 0.6 is 0 Å². The Labute approximate surface area is 76.2 Å². The van der Waals surface area contributed by atoms with Crippen LogP contribution in [0.1, 0.15) is 16.2 Å². The number of fused-ring (bicyclic) bond motifs is 1. The smallest absolute Gasteiger partial charge is 0.271 e. The van der Waals surface area contributed by atoms with Gasteiger partial charge >= 0.3 is 0 Å². The third-order valence-corrected chi connectivity index (χ3v) is 2.21. The zero-order valence-corrected chi connectivity index (χ0v) is 7.50. The molecule has 0 atom stereocenters. The van der Waals surface area contributed by atoms with Crippen molar-refractivity contribution in [3.63, 3.8) is 0 Å². The van der Waals surface area contributed by atoms with Crippen molar-refractivity contribution in [2.24, 2.45) is 0 Å². The SMILES string of the molecule is CNC(=O)c1ncn2c1CNCC2. The second-order valence-electron chi connectivity index (χ2n) is 2.99. The van der Waals surface area contributed by atoms with E-state index in [9.17, 15) is 4.79 Å². The fraction of sp³-hybridized carbons (Fsp3) is 0.500.